The second-order valence-corrected chi connectivity index (χ2v) is 10.1. The van der Waals surface area contributed by atoms with E-state index in [1.54, 1.807) is 17.0 Å². The van der Waals surface area contributed by atoms with Crippen LogP contribution in [0, 0.1) is 0 Å². The standard InChI is InChI=1S/C24H28Cl2N6O3/c1-24(2,3)35-23(33)32-10-4-5-16(32)13-34-17-8-6-14(7-9-17)20-18(25)11-15(12-19(20)26)28-22-29-21(27)30-31-22/h6-9,11-12,16H,4-5,10,13H2,1-3H3,(H4,27,28,29,30,31)/t16-/m1/s1. The molecule has 4 rings (SSSR count). The van der Waals surface area contributed by atoms with Crippen LogP contribution in [0.25, 0.3) is 11.1 Å². The molecule has 9 nitrogen and oxygen atoms in total. The van der Waals surface area contributed by atoms with E-state index in [4.69, 9.17) is 38.4 Å². The molecule has 4 N–H and O–H groups in total. The summed E-state index contributed by atoms with van der Waals surface area (Å²) in [4.78, 5) is 18.2. The summed E-state index contributed by atoms with van der Waals surface area (Å²) in [5.41, 5.74) is 7.20. The molecule has 35 heavy (non-hydrogen) atoms. The third-order valence-corrected chi connectivity index (χ3v) is 5.99. The Morgan fingerprint density at radius 2 is 1.91 bits per heavy atom. The number of H-pyrrole nitrogens is 1. The lowest BCUT2D eigenvalue weighted by atomic mass is 10.0. The number of carbonyl (C=O) groups excluding carboxylic acids is 1. The number of nitrogens with zero attached hydrogens (tertiary/aromatic N) is 3. The van der Waals surface area contributed by atoms with E-state index in [9.17, 15) is 4.79 Å². The fourth-order valence-corrected chi connectivity index (χ4v) is 4.57. The number of likely N-dealkylation sites (tertiary alicyclic amines) is 1. The zero-order valence-corrected chi connectivity index (χ0v) is 21.3. The lowest BCUT2D eigenvalue weighted by Crippen LogP contribution is -2.42. The van der Waals surface area contributed by atoms with Crippen molar-refractivity contribution in [2.75, 3.05) is 24.2 Å². The Hall–Kier alpha value is -3.17. The average Bonchev–Trinajstić information content (AvgIpc) is 3.40. The number of halogens is 2. The summed E-state index contributed by atoms with van der Waals surface area (Å²) in [5, 5.41) is 10.4. The fraction of sp³-hybridized carbons (Fsp3) is 0.375. The van der Waals surface area contributed by atoms with Gasteiger partial charge in [0.1, 0.15) is 18.0 Å². The van der Waals surface area contributed by atoms with E-state index in [0.29, 0.717) is 46.1 Å². The first-order valence-corrected chi connectivity index (χ1v) is 12.0. The van der Waals surface area contributed by atoms with Crippen LogP contribution in [0.5, 0.6) is 5.75 Å². The van der Waals surface area contributed by atoms with Gasteiger partial charge >= 0.3 is 6.09 Å². The maximum atomic E-state index is 12.5. The number of carbonyl (C=O) groups is 1. The van der Waals surface area contributed by atoms with Crippen LogP contribution in [0.4, 0.5) is 22.4 Å². The van der Waals surface area contributed by atoms with Gasteiger partial charge in [0.25, 0.3) is 0 Å². The van der Waals surface area contributed by atoms with Crippen LogP contribution < -0.4 is 15.8 Å². The quantitative estimate of drug-likeness (QED) is 0.372. The Bertz CT molecular complexity index is 1170. The highest BCUT2D eigenvalue weighted by atomic mass is 35.5. The molecule has 0 bridgehead atoms. The molecule has 2 aromatic carbocycles. The highest BCUT2D eigenvalue weighted by Crippen LogP contribution is 2.38. The SMILES string of the molecule is CC(C)(C)OC(=O)N1CCC[C@@H]1COc1ccc(-c2c(Cl)cc(Nc3n[nH]c(N)n3)cc2Cl)cc1. The Morgan fingerprint density at radius 1 is 1.23 bits per heavy atom. The molecule has 3 aromatic rings. The molecule has 0 unspecified atom stereocenters. The van der Waals surface area contributed by atoms with Crippen molar-refractivity contribution in [2.24, 2.45) is 0 Å². The zero-order valence-electron chi connectivity index (χ0n) is 19.8. The molecular formula is C24H28Cl2N6O3. The van der Waals surface area contributed by atoms with E-state index in [1.807, 2.05) is 45.0 Å². The Labute approximate surface area is 213 Å². The Morgan fingerprint density at radius 3 is 2.51 bits per heavy atom. The maximum absolute atomic E-state index is 12.5. The van der Waals surface area contributed by atoms with Crippen LogP contribution in [-0.4, -0.2) is 51.0 Å². The summed E-state index contributed by atoms with van der Waals surface area (Å²) < 4.78 is 11.5. The van der Waals surface area contributed by atoms with E-state index in [2.05, 4.69) is 20.5 Å². The molecule has 0 radical (unpaired) electrons. The molecule has 186 valence electrons. The van der Waals surface area contributed by atoms with Gasteiger partial charge in [-0.15, -0.1) is 5.10 Å². The number of rotatable bonds is 6. The first-order valence-electron chi connectivity index (χ1n) is 11.3. The summed E-state index contributed by atoms with van der Waals surface area (Å²) in [6.45, 7) is 6.66. The minimum atomic E-state index is -0.526. The number of nitrogen functional groups attached to an aromatic ring is 1. The van der Waals surface area contributed by atoms with Crippen molar-refractivity contribution in [1.29, 1.82) is 0 Å². The number of amides is 1. The van der Waals surface area contributed by atoms with Gasteiger partial charge in [0, 0.05) is 17.8 Å². The van der Waals surface area contributed by atoms with Gasteiger partial charge in [0.15, 0.2) is 0 Å². The molecule has 0 aliphatic carbocycles. The van der Waals surface area contributed by atoms with Crippen LogP contribution in [-0.2, 0) is 4.74 Å². The first-order chi connectivity index (χ1) is 16.6. The highest BCUT2D eigenvalue weighted by Gasteiger charge is 2.32. The third-order valence-electron chi connectivity index (χ3n) is 5.39. The molecule has 1 aromatic heterocycles. The van der Waals surface area contributed by atoms with Crippen LogP contribution in [0.2, 0.25) is 10.0 Å². The van der Waals surface area contributed by atoms with E-state index in [-0.39, 0.29) is 18.1 Å². The molecule has 1 atom stereocenters. The van der Waals surface area contributed by atoms with Gasteiger partial charge in [-0.25, -0.2) is 9.89 Å². The number of anilines is 3. The molecule has 1 fully saturated rings. The first kappa shape index (κ1) is 24.9. The predicted octanol–water partition coefficient (Wildman–Crippen LogP) is 5.88. The molecule has 1 saturated heterocycles. The minimum absolute atomic E-state index is 0.0205. The smallest absolute Gasteiger partial charge is 0.410 e. The highest BCUT2D eigenvalue weighted by molar-refractivity contribution is 6.39. The number of hydrogen-bond donors (Lipinski definition) is 3. The third kappa shape index (κ3) is 6.29. The molecule has 2 heterocycles. The van der Waals surface area contributed by atoms with Crippen molar-refractivity contribution in [3.8, 4) is 16.9 Å². The monoisotopic (exact) mass is 518 g/mol. The Balaban J connectivity index is 1.40. The van der Waals surface area contributed by atoms with Gasteiger partial charge in [-0.1, -0.05) is 35.3 Å². The molecule has 1 amide bonds. The summed E-state index contributed by atoms with van der Waals surface area (Å²) in [7, 11) is 0. The minimum Gasteiger partial charge on any atom is -0.491 e. The van der Waals surface area contributed by atoms with Crippen LogP contribution in [0.3, 0.4) is 0 Å². The number of nitrogens with two attached hydrogens (primary N) is 1. The molecular weight excluding hydrogens is 491 g/mol. The number of ether oxygens (including phenoxy) is 2. The molecule has 11 heteroatoms. The van der Waals surface area contributed by atoms with Crippen molar-refractivity contribution in [2.45, 2.75) is 45.3 Å². The van der Waals surface area contributed by atoms with E-state index in [1.165, 1.54) is 0 Å². The predicted molar refractivity (Wildman–Crippen MR) is 137 cm³/mol. The normalized spacial score (nSPS) is 15.8. The number of hydrogen-bond acceptors (Lipinski definition) is 7. The second kappa shape index (κ2) is 10.2. The van der Waals surface area contributed by atoms with E-state index >= 15 is 0 Å². The van der Waals surface area contributed by atoms with Gasteiger partial charge < -0.3 is 25.4 Å². The van der Waals surface area contributed by atoms with Gasteiger partial charge in [-0.3, -0.25) is 0 Å². The van der Waals surface area contributed by atoms with E-state index < -0.39 is 5.60 Å². The van der Waals surface area contributed by atoms with Gasteiger partial charge in [0.2, 0.25) is 11.9 Å². The number of aromatic nitrogens is 3. The fourth-order valence-electron chi connectivity index (χ4n) is 3.86. The zero-order chi connectivity index (χ0) is 25.2. The maximum Gasteiger partial charge on any atom is 0.410 e. The summed E-state index contributed by atoms with van der Waals surface area (Å²) in [6.07, 6.45) is 1.51. The van der Waals surface area contributed by atoms with Crippen molar-refractivity contribution in [3.05, 3.63) is 46.4 Å². The lowest BCUT2D eigenvalue weighted by molar-refractivity contribution is 0.0187. The average molecular weight is 519 g/mol. The van der Waals surface area contributed by atoms with Gasteiger partial charge in [-0.2, -0.15) is 4.98 Å². The molecule has 1 aliphatic rings. The van der Waals surface area contributed by atoms with Crippen LogP contribution in [0.15, 0.2) is 36.4 Å². The van der Waals surface area contributed by atoms with Crippen molar-refractivity contribution < 1.29 is 14.3 Å². The van der Waals surface area contributed by atoms with Gasteiger partial charge in [0.05, 0.1) is 16.1 Å². The van der Waals surface area contributed by atoms with Crippen molar-refractivity contribution in [3.63, 3.8) is 0 Å². The topological polar surface area (TPSA) is 118 Å². The summed E-state index contributed by atoms with van der Waals surface area (Å²) in [6, 6.07) is 11.0. The second-order valence-electron chi connectivity index (χ2n) is 9.29. The van der Waals surface area contributed by atoms with E-state index in [0.717, 1.165) is 18.4 Å². The number of aromatic amines is 1. The molecule has 0 spiro atoms. The van der Waals surface area contributed by atoms with Gasteiger partial charge in [-0.05, 0) is 63.4 Å². The number of benzene rings is 2. The number of nitrogens with one attached hydrogen (secondary N) is 2. The summed E-state index contributed by atoms with van der Waals surface area (Å²) >= 11 is 13.1. The lowest BCUT2D eigenvalue weighted by Gasteiger charge is -2.28. The van der Waals surface area contributed by atoms with Crippen LogP contribution in [0.1, 0.15) is 33.6 Å². The Kier molecular flexibility index (Phi) is 7.28. The molecule has 1 aliphatic heterocycles. The van der Waals surface area contributed by atoms with Crippen LogP contribution >= 0.6 is 23.2 Å². The summed E-state index contributed by atoms with van der Waals surface area (Å²) in [5.74, 6) is 1.21. The molecule has 0 saturated carbocycles. The largest absolute Gasteiger partial charge is 0.491 e. The van der Waals surface area contributed by atoms with Crippen molar-refractivity contribution in [1.82, 2.24) is 20.1 Å². The van der Waals surface area contributed by atoms with Crippen molar-refractivity contribution >= 4 is 46.9 Å².